The Morgan fingerprint density at radius 1 is 1.44 bits per heavy atom. The van der Waals surface area contributed by atoms with Crippen molar-refractivity contribution in [1.82, 2.24) is 10.2 Å². The van der Waals surface area contributed by atoms with Crippen LogP contribution in [-0.2, 0) is 0 Å². The van der Waals surface area contributed by atoms with Crippen LogP contribution in [0.5, 0.6) is 0 Å². The molecule has 16 heavy (non-hydrogen) atoms. The molecule has 1 heterocycles. The van der Waals surface area contributed by atoms with E-state index in [1.54, 1.807) is 0 Å². The molecule has 0 radical (unpaired) electrons. The topological polar surface area (TPSA) is 15.3 Å². The average molecular weight is 239 g/mol. The molecule has 0 amide bonds. The Bertz CT molecular complexity index is 350. The SMILES string of the molecule is CCN(C1CNC1)C(C)c1ccccc1Cl. The number of halogens is 1. The number of nitrogens with zero attached hydrogens (tertiary/aromatic N) is 1. The van der Waals surface area contributed by atoms with Gasteiger partial charge in [-0.15, -0.1) is 0 Å². The maximum atomic E-state index is 6.24. The van der Waals surface area contributed by atoms with Crippen LogP contribution in [0.3, 0.4) is 0 Å². The summed E-state index contributed by atoms with van der Waals surface area (Å²) in [4.78, 5) is 2.51. The van der Waals surface area contributed by atoms with Gasteiger partial charge >= 0.3 is 0 Å². The molecule has 88 valence electrons. The molecule has 1 fully saturated rings. The highest BCUT2D eigenvalue weighted by Crippen LogP contribution is 2.28. The molecule has 0 aromatic heterocycles. The Morgan fingerprint density at radius 3 is 2.62 bits per heavy atom. The first-order chi connectivity index (χ1) is 7.74. The summed E-state index contributed by atoms with van der Waals surface area (Å²) >= 11 is 6.24. The van der Waals surface area contributed by atoms with Gasteiger partial charge in [0.05, 0.1) is 0 Å². The van der Waals surface area contributed by atoms with E-state index >= 15 is 0 Å². The van der Waals surface area contributed by atoms with Gasteiger partial charge in [-0.25, -0.2) is 0 Å². The Kier molecular flexibility index (Phi) is 3.85. The van der Waals surface area contributed by atoms with Crippen molar-refractivity contribution < 1.29 is 0 Å². The summed E-state index contributed by atoms with van der Waals surface area (Å²) < 4.78 is 0. The molecule has 1 aromatic carbocycles. The average Bonchev–Trinajstić information content (AvgIpc) is 2.23. The van der Waals surface area contributed by atoms with Gasteiger partial charge in [-0.3, -0.25) is 4.90 Å². The standard InChI is InChI=1S/C13H19ClN2/c1-3-16(11-8-15-9-11)10(2)12-6-4-5-7-13(12)14/h4-7,10-11,15H,3,8-9H2,1-2H3. The monoisotopic (exact) mass is 238 g/mol. The molecule has 0 aliphatic carbocycles. The first-order valence-electron chi connectivity index (χ1n) is 5.95. The van der Waals surface area contributed by atoms with Crippen molar-refractivity contribution in [1.29, 1.82) is 0 Å². The lowest BCUT2D eigenvalue weighted by Gasteiger charge is -2.41. The fourth-order valence-electron chi connectivity index (χ4n) is 2.35. The van der Waals surface area contributed by atoms with E-state index in [1.807, 2.05) is 12.1 Å². The van der Waals surface area contributed by atoms with Gasteiger partial charge in [-0.1, -0.05) is 36.7 Å². The molecule has 0 spiro atoms. The zero-order chi connectivity index (χ0) is 11.5. The van der Waals surface area contributed by atoms with E-state index in [0.717, 1.165) is 24.7 Å². The second kappa shape index (κ2) is 5.17. The highest BCUT2D eigenvalue weighted by molar-refractivity contribution is 6.31. The zero-order valence-electron chi connectivity index (χ0n) is 9.91. The number of rotatable bonds is 4. The third-order valence-electron chi connectivity index (χ3n) is 3.45. The van der Waals surface area contributed by atoms with Crippen LogP contribution >= 0.6 is 11.6 Å². The lowest BCUT2D eigenvalue weighted by Crippen LogP contribution is -2.57. The molecule has 0 bridgehead atoms. The van der Waals surface area contributed by atoms with Crippen molar-refractivity contribution in [2.24, 2.45) is 0 Å². The lowest BCUT2D eigenvalue weighted by molar-refractivity contribution is 0.110. The van der Waals surface area contributed by atoms with Gasteiger partial charge in [-0.2, -0.15) is 0 Å². The van der Waals surface area contributed by atoms with E-state index in [1.165, 1.54) is 5.56 Å². The normalized spacial score (nSPS) is 18.5. The van der Waals surface area contributed by atoms with E-state index < -0.39 is 0 Å². The van der Waals surface area contributed by atoms with Gasteiger partial charge in [0.1, 0.15) is 0 Å². The molecule has 1 aliphatic heterocycles. The minimum atomic E-state index is 0.394. The highest BCUT2D eigenvalue weighted by atomic mass is 35.5. The molecule has 1 atom stereocenters. The summed E-state index contributed by atoms with van der Waals surface area (Å²) in [5.41, 5.74) is 1.23. The molecule has 1 N–H and O–H groups in total. The third-order valence-corrected chi connectivity index (χ3v) is 3.79. The van der Waals surface area contributed by atoms with Gasteiger partial charge in [-0.05, 0) is 25.1 Å². The molecular weight excluding hydrogens is 220 g/mol. The number of benzene rings is 1. The van der Waals surface area contributed by atoms with Crippen LogP contribution in [0.25, 0.3) is 0 Å². The second-order valence-electron chi connectivity index (χ2n) is 4.34. The van der Waals surface area contributed by atoms with Gasteiger partial charge in [0.2, 0.25) is 0 Å². The number of nitrogens with one attached hydrogen (secondary N) is 1. The fraction of sp³-hybridized carbons (Fsp3) is 0.538. The zero-order valence-corrected chi connectivity index (χ0v) is 10.7. The fourth-order valence-corrected chi connectivity index (χ4v) is 2.64. The summed E-state index contributed by atoms with van der Waals surface area (Å²) in [6, 6.07) is 9.20. The molecule has 1 aromatic rings. The Labute approximate surface area is 103 Å². The Morgan fingerprint density at radius 2 is 2.12 bits per heavy atom. The highest BCUT2D eigenvalue weighted by Gasteiger charge is 2.28. The van der Waals surface area contributed by atoms with Crippen molar-refractivity contribution in [3.05, 3.63) is 34.9 Å². The third kappa shape index (κ3) is 2.24. The predicted octanol–water partition coefficient (Wildman–Crippen LogP) is 2.69. The maximum Gasteiger partial charge on any atom is 0.0453 e. The van der Waals surface area contributed by atoms with Crippen molar-refractivity contribution in [2.75, 3.05) is 19.6 Å². The Hall–Kier alpha value is -0.570. The molecular formula is C13H19ClN2. The van der Waals surface area contributed by atoms with Crippen molar-refractivity contribution >= 4 is 11.6 Å². The van der Waals surface area contributed by atoms with Crippen LogP contribution < -0.4 is 5.32 Å². The molecule has 1 aliphatic rings. The van der Waals surface area contributed by atoms with Crippen LogP contribution in [0.4, 0.5) is 0 Å². The van der Waals surface area contributed by atoms with E-state index in [-0.39, 0.29) is 0 Å². The number of hydrogen-bond acceptors (Lipinski definition) is 2. The molecule has 1 saturated heterocycles. The maximum absolute atomic E-state index is 6.24. The van der Waals surface area contributed by atoms with Crippen molar-refractivity contribution in [3.8, 4) is 0 Å². The summed E-state index contributed by atoms with van der Waals surface area (Å²) in [5.74, 6) is 0. The molecule has 2 rings (SSSR count). The van der Waals surface area contributed by atoms with Crippen molar-refractivity contribution in [2.45, 2.75) is 25.9 Å². The van der Waals surface area contributed by atoms with Crippen LogP contribution in [0.15, 0.2) is 24.3 Å². The molecule has 0 saturated carbocycles. The van der Waals surface area contributed by atoms with Crippen LogP contribution in [0.2, 0.25) is 5.02 Å². The van der Waals surface area contributed by atoms with Gasteiger partial charge in [0.15, 0.2) is 0 Å². The summed E-state index contributed by atoms with van der Waals surface area (Å²) in [5, 5.41) is 4.20. The van der Waals surface area contributed by atoms with Gasteiger partial charge in [0.25, 0.3) is 0 Å². The van der Waals surface area contributed by atoms with E-state index in [2.05, 4.69) is 36.2 Å². The lowest BCUT2D eigenvalue weighted by atomic mass is 10.0. The van der Waals surface area contributed by atoms with E-state index in [9.17, 15) is 0 Å². The second-order valence-corrected chi connectivity index (χ2v) is 4.75. The van der Waals surface area contributed by atoms with Crippen LogP contribution in [0, 0.1) is 0 Å². The smallest absolute Gasteiger partial charge is 0.0453 e. The predicted molar refractivity (Wildman–Crippen MR) is 68.9 cm³/mol. The first kappa shape index (κ1) is 11.9. The Balaban J connectivity index is 2.16. The van der Waals surface area contributed by atoms with E-state index in [0.29, 0.717) is 12.1 Å². The molecule has 1 unspecified atom stereocenters. The molecule has 3 heteroatoms. The largest absolute Gasteiger partial charge is 0.314 e. The van der Waals surface area contributed by atoms with Gasteiger partial charge in [0, 0.05) is 30.2 Å². The van der Waals surface area contributed by atoms with Gasteiger partial charge < -0.3 is 5.32 Å². The quantitative estimate of drug-likeness (QED) is 0.868. The summed E-state index contributed by atoms with van der Waals surface area (Å²) in [6.07, 6.45) is 0. The number of likely N-dealkylation sites (N-methyl/N-ethyl adjacent to an activating group) is 1. The summed E-state index contributed by atoms with van der Waals surface area (Å²) in [6.45, 7) is 7.72. The van der Waals surface area contributed by atoms with E-state index in [4.69, 9.17) is 11.6 Å². The van der Waals surface area contributed by atoms with Crippen molar-refractivity contribution in [3.63, 3.8) is 0 Å². The first-order valence-corrected chi connectivity index (χ1v) is 6.32. The molecule has 2 nitrogen and oxygen atoms in total. The summed E-state index contributed by atoms with van der Waals surface area (Å²) in [7, 11) is 0. The number of hydrogen-bond donors (Lipinski definition) is 1. The van der Waals surface area contributed by atoms with Crippen LogP contribution in [-0.4, -0.2) is 30.6 Å². The van der Waals surface area contributed by atoms with Crippen LogP contribution in [0.1, 0.15) is 25.5 Å². The minimum absolute atomic E-state index is 0.394. The minimum Gasteiger partial charge on any atom is -0.314 e.